The Morgan fingerprint density at radius 3 is 2.52 bits per heavy atom. The van der Waals surface area contributed by atoms with Crippen molar-refractivity contribution in [3.63, 3.8) is 0 Å². The lowest BCUT2D eigenvalue weighted by molar-refractivity contribution is -0.115. The average Bonchev–Trinajstić information content (AvgIpc) is 3.16. The van der Waals surface area contributed by atoms with Crippen molar-refractivity contribution >= 4 is 50.0 Å². The second kappa shape index (κ2) is 6.34. The number of pyridine rings is 1. The van der Waals surface area contributed by atoms with Gasteiger partial charge in [0.25, 0.3) is 11.1 Å². The smallest absolute Gasteiger partial charge is 0.290 e. The van der Waals surface area contributed by atoms with Crippen LogP contribution in [0, 0.1) is 0 Å². The number of carbonyl (C=O) groups excluding carboxylic acids is 2. The molecule has 2 aromatic heterocycles. The van der Waals surface area contributed by atoms with E-state index in [0.717, 1.165) is 11.8 Å². The van der Waals surface area contributed by atoms with E-state index in [1.54, 1.807) is 30.6 Å². The number of benzene rings is 1. The minimum absolute atomic E-state index is 0.00480. The largest absolute Gasteiger partial charge is 0.456 e. The monoisotopic (exact) mass is 401 g/mol. The van der Waals surface area contributed by atoms with Crippen molar-refractivity contribution in [2.45, 2.75) is 4.90 Å². The first-order valence-electron chi connectivity index (χ1n) is 7.57. The van der Waals surface area contributed by atoms with E-state index < -0.39 is 21.2 Å². The Morgan fingerprint density at radius 1 is 1.15 bits per heavy atom. The van der Waals surface area contributed by atoms with Crippen molar-refractivity contribution < 1.29 is 22.4 Å². The van der Waals surface area contributed by atoms with Gasteiger partial charge < -0.3 is 4.42 Å². The first-order valence-corrected chi connectivity index (χ1v) is 9.93. The molecule has 27 heavy (non-hydrogen) atoms. The summed E-state index contributed by atoms with van der Waals surface area (Å²) >= 11 is 0.800. The van der Waals surface area contributed by atoms with Gasteiger partial charge in [0.1, 0.15) is 11.3 Å². The molecule has 1 aromatic carbocycles. The maximum Gasteiger partial charge on any atom is 0.290 e. The Labute approximate surface area is 157 Å². The zero-order chi connectivity index (χ0) is 19.2. The number of nitrogens with zero attached hydrogens (tertiary/aromatic N) is 1. The number of fused-ring (bicyclic) bond motifs is 1. The predicted molar refractivity (Wildman–Crippen MR) is 99.9 cm³/mol. The number of hydrogen-bond donors (Lipinski definition) is 2. The Morgan fingerprint density at radius 2 is 1.89 bits per heavy atom. The molecule has 3 aromatic rings. The Kier molecular flexibility index (Phi) is 4.10. The third-order valence-corrected chi connectivity index (χ3v) is 5.59. The van der Waals surface area contributed by atoms with Crippen LogP contribution >= 0.6 is 11.8 Å². The minimum atomic E-state index is -3.78. The number of amides is 2. The van der Waals surface area contributed by atoms with Crippen molar-refractivity contribution in [2.75, 3.05) is 0 Å². The quantitative estimate of drug-likeness (QED) is 0.644. The molecule has 3 N–H and O–H groups in total. The highest BCUT2D eigenvalue weighted by Crippen LogP contribution is 2.33. The van der Waals surface area contributed by atoms with Crippen LogP contribution in [0.5, 0.6) is 0 Å². The van der Waals surface area contributed by atoms with E-state index in [1.165, 1.54) is 18.2 Å². The molecule has 0 bridgehead atoms. The molecule has 1 fully saturated rings. The van der Waals surface area contributed by atoms with E-state index in [2.05, 4.69) is 10.3 Å². The summed E-state index contributed by atoms with van der Waals surface area (Å²) in [6, 6.07) is 7.72. The molecule has 136 valence electrons. The summed E-state index contributed by atoms with van der Waals surface area (Å²) in [5, 5.41) is 7.56. The number of rotatable bonds is 3. The number of sulfonamides is 1. The summed E-state index contributed by atoms with van der Waals surface area (Å²) in [6.07, 6.45) is 4.68. The zero-order valence-electron chi connectivity index (χ0n) is 13.5. The Bertz CT molecular complexity index is 1230. The van der Waals surface area contributed by atoms with Crippen molar-refractivity contribution in [2.24, 2.45) is 5.14 Å². The van der Waals surface area contributed by atoms with E-state index in [9.17, 15) is 18.0 Å². The average molecular weight is 401 g/mol. The number of nitrogens with one attached hydrogen (secondary N) is 1. The molecule has 0 saturated carbocycles. The summed E-state index contributed by atoms with van der Waals surface area (Å²) in [4.78, 5) is 27.3. The van der Waals surface area contributed by atoms with Crippen LogP contribution in [-0.2, 0) is 14.8 Å². The summed E-state index contributed by atoms with van der Waals surface area (Å²) < 4.78 is 28.6. The number of hydrogen-bond acceptors (Lipinski definition) is 7. The van der Waals surface area contributed by atoms with Gasteiger partial charge in [0.2, 0.25) is 10.0 Å². The number of imide groups is 1. The van der Waals surface area contributed by atoms with Gasteiger partial charge >= 0.3 is 0 Å². The molecule has 8 nitrogen and oxygen atoms in total. The maximum atomic E-state index is 11.7. The van der Waals surface area contributed by atoms with E-state index in [0.29, 0.717) is 27.9 Å². The fourth-order valence-electron chi connectivity index (χ4n) is 2.63. The van der Waals surface area contributed by atoms with Gasteiger partial charge in [-0.15, -0.1) is 0 Å². The van der Waals surface area contributed by atoms with E-state index >= 15 is 0 Å². The molecule has 4 rings (SSSR count). The van der Waals surface area contributed by atoms with Gasteiger partial charge in [-0.25, -0.2) is 13.6 Å². The molecule has 0 spiro atoms. The Hall–Kier alpha value is -2.95. The molecule has 0 aliphatic carbocycles. The molecule has 10 heteroatoms. The predicted octanol–water partition coefficient (Wildman–Crippen LogP) is 2.47. The minimum Gasteiger partial charge on any atom is -0.456 e. The number of aromatic nitrogens is 1. The number of thioether (sulfide) groups is 1. The topological polar surface area (TPSA) is 132 Å². The lowest BCUT2D eigenvalue weighted by Gasteiger charge is -2.03. The lowest BCUT2D eigenvalue weighted by atomic mass is 10.1. The van der Waals surface area contributed by atoms with Crippen molar-refractivity contribution in [1.82, 2.24) is 10.3 Å². The second-order valence-electron chi connectivity index (χ2n) is 5.68. The fraction of sp³-hybridized carbons (Fsp3) is 0. The van der Waals surface area contributed by atoms with Crippen LogP contribution in [0.1, 0.15) is 5.76 Å². The number of primary sulfonamides is 1. The molecule has 1 aliphatic rings. The summed E-state index contributed by atoms with van der Waals surface area (Å²) in [5.74, 6) is -0.0739. The van der Waals surface area contributed by atoms with Gasteiger partial charge in [-0.1, -0.05) is 12.1 Å². The van der Waals surface area contributed by atoms with Crippen LogP contribution in [-0.4, -0.2) is 24.5 Å². The molecule has 0 atom stereocenters. The van der Waals surface area contributed by atoms with E-state index in [4.69, 9.17) is 9.56 Å². The highest BCUT2D eigenvalue weighted by atomic mass is 32.2. The Balaban J connectivity index is 1.77. The standard InChI is InChI=1S/C17H11N3O5S2/c18-27(23,24)12-3-1-9(2-4-12)13-8-19-7-10-5-11(25-15(10)13)6-14-16(21)20-17(22)26-14/h1-8H,(H2,18,23,24)(H,20,21,22)/b14-6-. The van der Waals surface area contributed by atoms with Crippen LogP contribution in [0.2, 0.25) is 0 Å². The highest BCUT2D eigenvalue weighted by molar-refractivity contribution is 8.18. The number of furan rings is 1. The number of nitrogens with two attached hydrogens (primary N) is 1. The van der Waals surface area contributed by atoms with Gasteiger partial charge in [-0.05, 0) is 35.5 Å². The van der Waals surface area contributed by atoms with Gasteiger partial charge in [0.05, 0.1) is 9.80 Å². The molecular weight excluding hydrogens is 390 g/mol. The van der Waals surface area contributed by atoms with Gasteiger partial charge in [0, 0.05) is 29.4 Å². The molecule has 3 heterocycles. The molecular formula is C17H11N3O5S2. The van der Waals surface area contributed by atoms with Crippen LogP contribution in [0.25, 0.3) is 28.2 Å². The van der Waals surface area contributed by atoms with Gasteiger partial charge in [-0.2, -0.15) is 0 Å². The first-order chi connectivity index (χ1) is 12.8. The fourth-order valence-corrected chi connectivity index (χ4v) is 3.81. The highest BCUT2D eigenvalue weighted by Gasteiger charge is 2.25. The normalized spacial score (nSPS) is 16.3. The van der Waals surface area contributed by atoms with Gasteiger partial charge in [0.15, 0.2) is 0 Å². The van der Waals surface area contributed by atoms with Gasteiger partial charge in [-0.3, -0.25) is 19.9 Å². The summed E-state index contributed by atoms with van der Waals surface area (Å²) in [6.45, 7) is 0. The lowest BCUT2D eigenvalue weighted by Crippen LogP contribution is -2.17. The first kappa shape index (κ1) is 17.5. The van der Waals surface area contributed by atoms with Crippen LogP contribution < -0.4 is 10.5 Å². The molecule has 2 amide bonds. The summed E-state index contributed by atoms with van der Waals surface area (Å²) in [5.41, 5.74) is 1.87. The van der Waals surface area contributed by atoms with Crippen LogP contribution in [0.15, 0.2) is 56.9 Å². The molecule has 0 radical (unpaired) electrons. The van der Waals surface area contributed by atoms with Crippen LogP contribution in [0.4, 0.5) is 4.79 Å². The third-order valence-electron chi connectivity index (χ3n) is 3.85. The van der Waals surface area contributed by atoms with Crippen molar-refractivity contribution in [3.8, 4) is 11.1 Å². The number of carbonyl (C=O) groups is 2. The molecule has 1 aliphatic heterocycles. The van der Waals surface area contributed by atoms with Crippen molar-refractivity contribution in [3.05, 3.63) is 53.4 Å². The van der Waals surface area contributed by atoms with Crippen LogP contribution in [0.3, 0.4) is 0 Å². The summed E-state index contributed by atoms with van der Waals surface area (Å²) in [7, 11) is -3.78. The second-order valence-corrected chi connectivity index (χ2v) is 8.25. The zero-order valence-corrected chi connectivity index (χ0v) is 15.1. The molecule has 0 unspecified atom stereocenters. The van der Waals surface area contributed by atoms with E-state index in [-0.39, 0.29) is 9.80 Å². The van der Waals surface area contributed by atoms with Crippen molar-refractivity contribution in [1.29, 1.82) is 0 Å². The maximum absolute atomic E-state index is 11.7. The SMILES string of the molecule is NS(=O)(=O)c1ccc(-c2cncc3cc(/C=C4\SC(=O)NC4=O)oc23)cc1. The molecule has 1 saturated heterocycles. The van der Waals surface area contributed by atoms with E-state index in [1.807, 2.05) is 0 Å². The third kappa shape index (κ3) is 3.37.